The van der Waals surface area contributed by atoms with Gasteiger partial charge in [0.2, 0.25) is 0 Å². The van der Waals surface area contributed by atoms with E-state index in [2.05, 4.69) is 29.6 Å². The van der Waals surface area contributed by atoms with Crippen LogP contribution in [0.2, 0.25) is 5.02 Å². The van der Waals surface area contributed by atoms with Crippen LogP contribution >= 0.6 is 11.6 Å². The van der Waals surface area contributed by atoms with Gasteiger partial charge in [-0.05, 0) is 44.2 Å². The van der Waals surface area contributed by atoms with Crippen LogP contribution in [-0.4, -0.2) is 16.8 Å². The monoisotopic (exact) mass is 263 g/mol. The number of nitrogens with one attached hydrogen (secondary N) is 1. The summed E-state index contributed by atoms with van der Waals surface area (Å²) < 4.78 is 1.96. The fourth-order valence-electron chi connectivity index (χ4n) is 2.11. The third-order valence-electron chi connectivity index (χ3n) is 3.00. The van der Waals surface area contributed by atoms with Crippen molar-refractivity contribution in [3.05, 3.63) is 40.7 Å². The zero-order chi connectivity index (χ0) is 13.1. The number of aromatic nitrogens is 2. The molecule has 0 aliphatic carbocycles. The van der Waals surface area contributed by atoms with Crippen LogP contribution < -0.4 is 5.32 Å². The highest BCUT2D eigenvalue weighted by atomic mass is 35.5. The predicted octanol–water partition coefficient (Wildman–Crippen LogP) is 3.25. The summed E-state index contributed by atoms with van der Waals surface area (Å²) in [4.78, 5) is 0. The lowest BCUT2D eigenvalue weighted by atomic mass is 10.0. The quantitative estimate of drug-likeness (QED) is 0.918. The summed E-state index contributed by atoms with van der Waals surface area (Å²) in [5, 5.41) is 8.44. The fourth-order valence-corrected chi connectivity index (χ4v) is 2.30. The molecule has 0 aliphatic heterocycles. The number of hydrogen-bond donors (Lipinski definition) is 1. The van der Waals surface area contributed by atoms with Crippen LogP contribution in [0.1, 0.15) is 18.2 Å². The molecule has 0 radical (unpaired) electrons. The Morgan fingerprint density at radius 1 is 1.33 bits per heavy atom. The van der Waals surface area contributed by atoms with Crippen molar-refractivity contribution >= 4 is 11.6 Å². The van der Waals surface area contributed by atoms with Gasteiger partial charge < -0.3 is 5.32 Å². The number of hydrogen-bond acceptors (Lipinski definition) is 2. The smallest absolute Gasteiger partial charge is 0.0672 e. The second-order valence-corrected chi connectivity index (χ2v) is 4.75. The van der Waals surface area contributed by atoms with E-state index < -0.39 is 0 Å². The van der Waals surface area contributed by atoms with E-state index >= 15 is 0 Å². The number of aryl methyl sites for hydroxylation is 2. The minimum absolute atomic E-state index is 0.768. The molecule has 96 valence electrons. The van der Waals surface area contributed by atoms with Crippen molar-refractivity contribution in [1.82, 2.24) is 15.1 Å². The summed E-state index contributed by atoms with van der Waals surface area (Å²) in [7, 11) is 1.94. The van der Waals surface area contributed by atoms with E-state index in [1.54, 1.807) is 0 Å². The Hall–Kier alpha value is -1.32. The third kappa shape index (κ3) is 2.57. The molecular formula is C14H18ClN3. The van der Waals surface area contributed by atoms with Crippen molar-refractivity contribution in [3.8, 4) is 11.1 Å². The molecule has 0 fully saturated rings. The molecule has 0 amide bonds. The van der Waals surface area contributed by atoms with Crippen LogP contribution in [0.25, 0.3) is 11.1 Å². The van der Waals surface area contributed by atoms with Crippen molar-refractivity contribution < 1.29 is 0 Å². The number of halogens is 1. The zero-order valence-electron chi connectivity index (χ0n) is 11.0. The first-order chi connectivity index (χ1) is 8.65. The van der Waals surface area contributed by atoms with Crippen LogP contribution in [0.4, 0.5) is 0 Å². The van der Waals surface area contributed by atoms with Gasteiger partial charge >= 0.3 is 0 Å². The summed E-state index contributed by atoms with van der Waals surface area (Å²) in [6, 6.07) is 6.01. The van der Waals surface area contributed by atoms with Gasteiger partial charge in [-0.2, -0.15) is 5.10 Å². The summed E-state index contributed by atoms with van der Waals surface area (Å²) in [6.45, 7) is 5.81. The van der Waals surface area contributed by atoms with Crippen molar-refractivity contribution in [2.24, 2.45) is 0 Å². The molecule has 0 saturated heterocycles. The first-order valence-corrected chi connectivity index (χ1v) is 6.51. The van der Waals surface area contributed by atoms with E-state index in [-0.39, 0.29) is 0 Å². The number of rotatable bonds is 4. The zero-order valence-corrected chi connectivity index (χ0v) is 11.8. The normalized spacial score (nSPS) is 10.9. The molecule has 0 bridgehead atoms. The van der Waals surface area contributed by atoms with Crippen molar-refractivity contribution in [2.75, 3.05) is 7.05 Å². The molecule has 1 aromatic heterocycles. The van der Waals surface area contributed by atoms with Crippen LogP contribution in [0, 0.1) is 6.92 Å². The Labute approximate surface area is 113 Å². The maximum Gasteiger partial charge on any atom is 0.0672 e. The van der Waals surface area contributed by atoms with Crippen LogP contribution in [-0.2, 0) is 13.1 Å². The fraction of sp³-hybridized carbons (Fsp3) is 0.357. The Morgan fingerprint density at radius 2 is 2.11 bits per heavy atom. The van der Waals surface area contributed by atoms with E-state index in [0.717, 1.165) is 23.8 Å². The standard InChI is InChI=1S/C14H18ClN3/c1-4-18-9-14(10(2)17-18)13-6-5-12(15)7-11(13)8-16-3/h5-7,9,16H,4,8H2,1-3H3. The van der Waals surface area contributed by atoms with Gasteiger partial charge in [-0.15, -0.1) is 0 Å². The minimum Gasteiger partial charge on any atom is -0.316 e. The molecule has 2 aromatic rings. The van der Waals surface area contributed by atoms with Crippen molar-refractivity contribution in [2.45, 2.75) is 26.9 Å². The molecule has 0 unspecified atom stereocenters. The predicted molar refractivity (Wildman–Crippen MR) is 75.8 cm³/mol. The summed E-state index contributed by atoms with van der Waals surface area (Å²) in [5.41, 5.74) is 4.63. The van der Waals surface area contributed by atoms with Crippen molar-refractivity contribution in [3.63, 3.8) is 0 Å². The average molecular weight is 264 g/mol. The van der Waals surface area contributed by atoms with Crippen molar-refractivity contribution in [1.29, 1.82) is 0 Å². The summed E-state index contributed by atoms with van der Waals surface area (Å²) >= 11 is 6.06. The van der Waals surface area contributed by atoms with Crippen LogP contribution in [0.15, 0.2) is 24.4 Å². The first kappa shape index (κ1) is 13.1. The van der Waals surface area contributed by atoms with Gasteiger partial charge in [0.25, 0.3) is 0 Å². The summed E-state index contributed by atoms with van der Waals surface area (Å²) in [6.07, 6.45) is 2.09. The lowest BCUT2D eigenvalue weighted by molar-refractivity contribution is 0.653. The van der Waals surface area contributed by atoms with Gasteiger partial charge in [0, 0.05) is 29.9 Å². The van der Waals surface area contributed by atoms with Gasteiger partial charge in [0.15, 0.2) is 0 Å². The maximum absolute atomic E-state index is 6.06. The molecule has 18 heavy (non-hydrogen) atoms. The SMILES string of the molecule is CCn1cc(-c2ccc(Cl)cc2CNC)c(C)n1. The van der Waals surface area contributed by atoms with E-state index in [4.69, 9.17) is 11.6 Å². The van der Waals surface area contributed by atoms with Gasteiger partial charge in [0.1, 0.15) is 0 Å². The second kappa shape index (κ2) is 5.55. The maximum atomic E-state index is 6.06. The summed E-state index contributed by atoms with van der Waals surface area (Å²) in [5.74, 6) is 0. The Balaban J connectivity index is 2.51. The number of nitrogens with zero attached hydrogens (tertiary/aromatic N) is 2. The molecule has 1 aromatic carbocycles. The molecule has 3 nitrogen and oxygen atoms in total. The Kier molecular flexibility index (Phi) is 4.04. The third-order valence-corrected chi connectivity index (χ3v) is 3.23. The topological polar surface area (TPSA) is 29.9 Å². The highest BCUT2D eigenvalue weighted by Gasteiger charge is 2.11. The van der Waals surface area contributed by atoms with E-state index in [1.165, 1.54) is 16.7 Å². The van der Waals surface area contributed by atoms with Gasteiger partial charge in [-0.3, -0.25) is 4.68 Å². The highest BCUT2D eigenvalue weighted by molar-refractivity contribution is 6.30. The van der Waals surface area contributed by atoms with Crippen LogP contribution in [0.3, 0.4) is 0 Å². The molecule has 0 saturated carbocycles. The first-order valence-electron chi connectivity index (χ1n) is 6.13. The van der Waals surface area contributed by atoms with Gasteiger partial charge in [-0.25, -0.2) is 0 Å². The Bertz CT molecular complexity index is 546. The second-order valence-electron chi connectivity index (χ2n) is 4.32. The van der Waals surface area contributed by atoms with E-state index in [1.807, 2.05) is 30.8 Å². The molecule has 0 aliphatic rings. The molecule has 0 spiro atoms. The average Bonchev–Trinajstić information content (AvgIpc) is 2.71. The lowest BCUT2D eigenvalue weighted by Crippen LogP contribution is -2.06. The molecule has 0 atom stereocenters. The lowest BCUT2D eigenvalue weighted by Gasteiger charge is -2.09. The Morgan fingerprint density at radius 3 is 2.72 bits per heavy atom. The van der Waals surface area contributed by atoms with Crippen LogP contribution in [0.5, 0.6) is 0 Å². The van der Waals surface area contributed by atoms with Gasteiger partial charge in [0.05, 0.1) is 5.69 Å². The number of benzene rings is 1. The largest absolute Gasteiger partial charge is 0.316 e. The van der Waals surface area contributed by atoms with Gasteiger partial charge in [-0.1, -0.05) is 17.7 Å². The molecule has 2 rings (SSSR count). The molecule has 1 N–H and O–H groups in total. The molecular weight excluding hydrogens is 246 g/mol. The molecule has 4 heteroatoms. The highest BCUT2D eigenvalue weighted by Crippen LogP contribution is 2.28. The van der Waals surface area contributed by atoms with E-state index in [0.29, 0.717) is 0 Å². The minimum atomic E-state index is 0.768. The van der Waals surface area contributed by atoms with E-state index in [9.17, 15) is 0 Å². The molecule has 1 heterocycles.